The number of aliphatic carboxylic acids is 1. The summed E-state index contributed by atoms with van der Waals surface area (Å²) in [5.74, 6) is -1.13. The second-order valence-corrected chi connectivity index (χ2v) is 6.61. The molecule has 27 heavy (non-hydrogen) atoms. The molecule has 7 heteroatoms. The van der Waals surface area contributed by atoms with E-state index in [1.54, 1.807) is 44.2 Å². The number of nitrogens with one attached hydrogen (secondary N) is 1. The number of halogens is 1. The summed E-state index contributed by atoms with van der Waals surface area (Å²) >= 11 is 5.87. The first kappa shape index (κ1) is 20.6. The number of benzene rings is 2. The molecule has 144 valence electrons. The number of hydrogen-bond donors (Lipinski definition) is 2. The molecule has 0 bridgehead atoms. The summed E-state index contributed by atoms with van der Waals surface area (Å²) < 4.78 is 11.1. The predicted molar refractivity (Wildman–Crippen MR) is 103 cm³/mol. The molecule has 0 heterocycles. The van der Waals surface area contributed by atoms with E-state index in [1.807, 2.05) is 12.1 Å². The van der Waals surface area contributed by atoms with Gasteiger partial charge in [-0.1, -0.05) is 23.7 Å². The molecule has 2 atom stereocenters. The van der Waals surface area contributed by atoms with Crippen LogP contribution in [0, 0.1) is 5.92 Å². The number of carboxylic acids is 1. The lowest BCUT2D eigenvalue weighted by Crippen LogP contribution is -2.40. The Labute approximate surface area is 163 Å². The molecule has 2 aromatic carbocycles. The largest absolute Gasteiger partial charge is 0.493 e. The molecule has 0 aromatic heterocycles. The third-order valence-corrected chi connectivity index (χ3v) is 4.48. The van der Waals surface area contributed by atoms with Crippen molar-refractivity contribution in [3.05, 3.63) is 58.6 Å². The van der Waals surface area contributed by atoms with Crippen molar-refractivity contribution >= 4 is 23.5 Å². The van der Waals surface area contributed by atoms with Crippen LogP contribution in [0.4, 0.5) is 0 Å². The molecule has 0 aliphatic rings. The molecule has 0 fully saturated rings. The monoisotopic (exact) mass is 391 g/mol. The maximum absolute atomic E-state index is 12.4. The standard InChI is InChI=1S/C20H22ClNO5/c1-12(20(24)25)13(2)22-19(23)15-6-9-17(18(10-15)26-3)27-11-14-4-7-16(21)8-5-14/h4-10,12-13H,11H2,1-3H3,(H,22,23)(H,24,25). The Morgan fingerprint density at radius 2 is 1.78 bits per heavy atom. The van der Waals surface area contributed by atoms with Gasteiger partial charge in [-0.2, -0.15) is 0 Å². The van der Waals surface area contributed by atoms with Gasteiger partial charge in [-0.15, -0.1) is 0 Å². The van der Waals surface area contributed by atoms with Crippen LogP contribution in [0.25, 0.3) is 0 Å². The van der Waals surface area contributed by atoms with Crippen molar-refractivity contribution in [3.63, 3.8) is 0 Å². The van der Waals surface area contributed by atoms with E-state index in [0.717, 1.165) is 5.56 Å². The Balaban J connectivity index is 2.07. The van der Waals surface area contributed by atoms with Gasteiger partial charge < -0.3 is 19.9 Å². The van der Waals surface area contributed by atoms with Crippen molar-refractivity contribution in [1.29, 1.82) is 0 Å². The summed E-state index contributed by atoms with van der Waals surface area (Å²) in [5.41, 5.74) is 1.30. The van der Waals surface area contributed by atoms with Crippen LogP contribution >= 0.6 is 11.6 Å². The molecule has 0 aliphatic heterocycles. The highest BCUT2D eigenvalue weighted by Gasteiger charge is 2.22. The van der Waals surface area contributed by atoms with Crippen LogP contribution in [0.1, 0.15) is 29.8 Å². The van der Waals surface area contributed by atoms with Crippen molar-refractivity contribution in [3.8, 4) is 11.5 Å². The molecular weight excluding hydrogens is 370 g/mol. The second-order valence-electron chi connectivity index (χ2n) is 6.17. The Morgan fingerprint density at radius 1 is 1.11 bits per heavy atom. The van der Waals surface area contributed by atoms with Crippen molar-refractivity contribution in [2.24, 2.45) is 5.92 Å². The summed E-state index contributed by atoms with van der Waals surface area (Å²) in [6, 6.07) is 11.6. The van der Waals surface area contributed by atoms with Gasteiger partial charge in [0.05, 0.1) is 13.0 Å². The predicted octanol–water partition coefficient (Wildman–Crippen LogP) is 3.77. The minimum Gasteiger partial charge on any atom is -0.493 e. The number of carbonyl (C=O) groups excluding carboxylic acids is 1. The Morgan fingerprint density at radius 3 is 2.37 bits per heavy atom. The summed E-state index contributed by atoms with van der Waals surface area (Å²) in [6.07, 6.45) is 0. The van der Waals surface area contributed by atoms with Crippen molar-refractivity contribution in [1.82, 2.24) is 5.32 Å². The van der Waals surface area contributed by atoms with Gasteiger partial charge in [0.1, 0.15) is 6.61 Å². The van der Waals surface area contributed by atoms with E-state index in [9.17, 15) is 9.59 Å². The molecule has 2 aromatic rings. The third-order valence-electron chi connectivity index (χ3n) is 4.23. The average molecular weight is 392 g/mol. The quantitative estimate of drug-likeness (QED) is 0.715. The van der Waals surface area contributed by atoms with Crippen LogP contribution in [0.3, 0.4) is 0 Å². The van der Waals surface area contributed by atoms with Crippen LogP contribution in [-0.2, 0) is 11.4 Å². The number of rotatable bonds is 8. The maximum atomic E-state index is 12.4. The first-order valence-corrected chi connectivity index (χ1v) is 8.78. The van der Waals surface area contributed by atoms with Crippen LogP contribution in [-0.4, -0.2) is 30.1 Å². The SMILES string of the molecule is COc1cc(C(=O)NC(C)C(C)C(=O)O)ccc1OCc1ccc(Cl)cc1. The molecule has 2 N–H and O–H groups in total. The van der Waals surface area contributed by atoms with Crippen LogP contribution in [0.2, 0.25) is 5.02 Å². The van der Waals surface area contributed by atoms with E-state index < -0.39 is 17.9 Å². The highest BCUT2D eigenvalue weighted by Crippen LogP contribution is 2.29. The number of carboxylic acid groups (broad SMARTS) is 1. The summed E-state index contributed by atoms with van der Waals surface area (Å²) in [4.78, 5) is 23.4. The fourth-order valence-electron chi connectivity index (χ4n) is 2.30. The van der Waals surface area contributed by atoms with Crippen LogP contribution < -0.4 is 14.8 Å². The van der Waals surface area contributed by atoms with E-state index in [0.29, 0.717) is 28.7 Å². The number of carbonyl (C=O) groups is 2. The zero-order valence-electron chi connectivity index (χ0n) is 15.4. The molecular formula is C20H22ClNO5. The van der Waals surface area contributed by atoms with Crippen molar-refractivity contribution in [2.45, 2.75) is 26.5 Å². The molecule has 2 rings (SSSR count). The molecule has 0 spiro atoms. The first-order chi connectivity index (χ1) is 12.8. The Hall–Kier alpha value is -2.73. The molecule has 0 saturated heterocycles. The summed E-state index contributed by atoms with van der Waals surface area (Å²) in [6.45, 7) is 3.52. The number of hydrogen-bond acceptors (Lipinski definition) is 4. The van der Waals surface area contributed by atoms with E-state index in [1.165, 1.54) is 7.11 Å². The van der Waals surface area contributed by atoms with E-state index >= 15 is 0 Å². The topological polar surface area (TPSA) is 84.9 Å². The summed E-state index contributed by atoms with van der Waals surface area (Å²) in [5, 5.41) is 12.4. The third kappa shape index (κ3) is 5.62. The Bertz CT molecular complexity index is 807. The minimum atomic E-state index is -0.966. The fourth-order valence-corrected chi connectivity index (χ4v) is 2.42. The van der Waals surface area contributed by atoms with Crippen LogP contribution in [0.15, 0.2) is 42.5 Å². The summed E-state index contributed by atoms with van der Waals surface area (Å²) in [7, 11) is 1.49. The van der Waals surface area contributed by atoms with Gasteiger partial charge in [-0.25, -0.2) is 0 Å². The van der Waals surface area contributed by atoms with Gasteiger partial charge in [0.25, 0.3) is 5.91 Å². The molecule has 0 radical (unpaired) electrons. The van der Waals surface area contributed by atoms with E-state index in [4.69, 9.17) is 26.2 Å². The van der Waals surface area contributed by atoms with E-state index in [2.05, 4.69) is 5.32 Å². The maximum Gasteiger partial charge on any atom is 0.308 e. The van der Waals surface area contributed by atoms with Crippen LogP contribution in [0.5, 0.6) is 11.5 Å². The van der Waals surface area contributed by atoms with Gasteiger partial charge in [-0.3, -0.25) is 9.59 Å². The zero-order chi connectivity index (χ0) is 20.0. The lowest BCUT2D eigenvalue weighted by atomic mass is 10.0. The molecule has 6 nitrogen and oxygen atoms in total. The van der Waals surface area contributed by atoms with Gasteiger partial charge in [0.2, 0.25) is 0 Å². The van der Waals surface area contributed by atoms with E-state index in [-0.39, 0.29) is 5.91 Å². The van der Waals surface area contributed by atoms with Gasteiger partial charge in [-0.05, 0) is 49.7 Å². The highest BCUT2D eigenvalue weighted by molar-refractivity contribution is 6.30. The first-order valence-electron chi connectivity index (χ1n) is 8.40. The minimum absolute atomic E-state index is 0.326. The molecule has 0 aliphatic carbocycles. The lowest BCUT2D eigenvalue weighted by molar-refractivity contribution is -0.141. The normalized spacial score (nSPS) is 12.7. The smallest absolute Gasteiger partial charge is 0.308 e. The number of amides is 1. The second kappa shape index (κ2) is 9.28. The number of ether oxygens (including phenoxy) is 2. The van der Waals surface area contributed by atoms with Gasteiger partial charge in [0.15, 0.2) is 11.5 Å². The molecule has 1 amide bonds. The number of methoxy groups -OCH3 is 1. The highest BCUT2D eigenvalue weighted by atomic mass is 35.5. The zero-order valence-corrected chi connectivity index (χ0v) is 16.1. The van der Waals surface area contributed by atoms with Crippen molar-refractivity contribution < 1.29 is 24.2 Å². The Kier molecular flexibility index (Phi) is 7.07. The molecule has 2 unspecified atom stereocenters. The average Bonchev–Trinajstić information content (AvgIpc) is 2.66. The van der Waals surface area contributed by atoms with Crippen molar-refractivity contribution in [2.75, 3.05) is 7.11 Å². The van der Waals surface area contributed by atoms with Gasteiger partial charge >= 0.3 is 5.97 Å². The van der Waals surface area contributed by atoms with Gasteiger partial charge in [0, 0.05) is 16.6 Å². The molecule has 0 saturated carbocycles. The fraction of sp³-hybridized carbons (Fsp3) is 0.300. The lowest BCUT2D eigenvalue weighted by Gasteiger charge is -2.18.